The van der Waals surface area contributed by atoms with Crippen LogP contribution in [0.2, 0.25) is 0 Å². The molecule has 4 rings (SSSR count). The maximum Gasteiger partial charge on any atom is 0.130 e. The Hall–Kier alpha value is -2.59. The molecule has 0 spiro atoms. The molecule has 4 aromatic carbocycles. The van der Waals surface area contributed by atoms with Crippen molar-refractivity contribution >= 4 is 42.8 Å². The van der Waals surface area contributed by atoms with Crippen LogP contribution >= 0.6 is 15.8 Å². The normalized spacial score (nSPS) is 12.1. The molecule has 0 fully saturated rings. The molecule has 0 aliphatic carbocycles. The summed E-state index contributed by atoms with van der Waals surface area (Å²) in [5.74, 6) is 0.269. The number of benzene rings is 4. The predicted octanol–water partition coefficient (Wildman–Crippen LogP) is 5.60. The molecule has 0 aliphatic heterocycles. The summed E-state index contributed by atoms with van der Waals surface area (Å²) in [5.41, 5.74) is 0.277. The molecule has 3 heteroatoms. The second-order valence-corrected chi connectivity index (χ2v) is 12.6. The highest BCUT2D eigenvalue weighted by Crippen LogP contribution is 2.47. The molecule has 0 saturated carbocycles. The van der Waals surface area contributed by atoms with Crippen molar-refractivity contribution in [2.75, 3.05) is 6.16 Å². The van der Waals surface area contributed by atoms with Crippen LogP contribution in [0.5, 0.6) is 0 Å². The number of carbonyl (C=O) groups is 1. The molecule has 4 aromatic rings. The fourth-order valence-corrected chi connectivity index (χ4v) is 10.1. The molecule has 0 amide bonds. The molecule has 0 radical (unpaired) electrons. The van der Waals surface area contributed by atoms with E-state index in [1.807, 2.05) is 0 Å². The molecule has 1 nitrogen and oxygen atoms in total. The van der Waals surface area contributed by atoms with Crippen molar-refractivity contribution < 1.29 is 4.79 Å². The lowest BCUT2D eigenvalue weighted by Crippen LogP contribution is -2.29. The summed E-state index contributed by atoms with van der Waals surface area (Å²) in [6, 6.07) is 43.2. The van der Waals surface area contributed by atoms with E-state index in [1.54, 1.807) is 6.92 Å². The molecule has 0 N–H and O–H groups in total. The van der Waals surface area contributed by atoms with Gasteiger partial charge in [-0.2, -0.15) is 0 Å². The van der Waals surface area contributed by atoms with Crippen LogP contribution in [0.25, 0.3) is 0 Å². The summed E-state index contributed by atoms with van der Waals surface area (Å²) in [4.78, 5) is 12.5. The molecule has 32 heavy (non-hydrogen) atoms. The lowest BCUT2D eigenvalue weighted by molar-refractivity contribution is -0.116. The smallest absolute Gasteiger partial charge is 0.130 e. The first-order valence-electron chi connectivity index (χ1n) is 11.0. The first kappa shape index (κ1) is 22.6. The van der Waals surface area contributed by atoms with Crippen LogP contribution in [-0.4, -0.2) is 17.6 Å². The fourth-order valence-electron chi connectivity index (χ4n) is 4.10. The van der Waals surface area contributed by atoms with Gasteiger partial charge in [0.05, 0.1) is 0 Å². The standard InChI is InChI=1S/C29H28OP2/c1-24(30)22-29(32(27-18-10-4-11-19-27)28-20-12-5-13-21-28)23-31(25-14-6-2-7-15-25)26-16-8-3-9-17-26/h2-21,29H,22-23H2,1H3/t29-/m0/s1. The quantitative estimate of drug-likeness (QED) is 0.301. The third kappa shape index (κ3) is 5.80. The predicted molar refractivity (Wildman–Crippen MR) is 142 cm³/mol. The summed E-state index contributed by atoms with van der Waals surface area (Å²) in [5, 5.41) is 5.43. The molecule has 160 valence electrons. The number of hydrogen-bond acceptors (Lipinski definition) is 1. The van der Waals surface area contributed by atoms with E-state index in [9.17, 15) is 4.79 Å². The van der Waals surface area contributed by atoms with E-state index >= 15 is 0 Å². The minimum Gasteiger partial charge on any atom is -0.300 e. The molecular weight excluding hydrogens is 426 g/mol. The lowest BCUT2D eigenvalue weighted by Gasteiger charge is -2.32. The summed E-state index contributed by atoms with van der Waals surface area (Å²) in [6.45, 7) is 1.74. The van der Waals surface area contributed by atoms with Gasteiger partial charge >= 0.3 is 0 Å². The van der Waals surface area contributed by atoms with Crippen molar-refractivity contribution in [1.29, 1.82) is 0 Å². The maximum absolute atomic E-state index is 12.5. The van der Waals surface area contributed by atoms with Crippen LogP contribution < -0.4 is 21.2 Å². The number of rotatable bonds is 9. The van der Waals surface area contributed by atoms with Crippen molar-refractivity contribution in [3.05, 3.63) is 121 Å². The highest BCUT2D eigenvalue weighted by Gasteiger charge is 2.29. The van der Waals surface area contributed by atoms with Gasteiger partial charge in [-0.3, -0.25) is 0 Å². The van der Waals surface area contributed by atoms with E-state index in [-0.39, 0.29) is 11.4 Å². The molecule has 1 atom stereocenters. The van der Waals surface area contributed by atoms with Gasteiger partial charge in [-0.05, 0) is 55.8 Å². The summed E-state index contributed by atoms with van der Waals surface area (Å²) < 4.78 is 0. The van der Waals surface area contributed by atoms with E-state index in [0.717, 1.165) is 6.16 Å². The number of ketones is 1. The monoisotopic (exact) mass is 454 g/mol. The van der Waals surface area contributed by atoms with Crippen molar-refractivity contribution in [2.45, 2.75) is 19.0 Å². The molecule has 0 aromatic heterocycles. The minimum absolute atomic E-state index is 0.269. The van der Waals surface area contributed by atoms with Crippen LogP contribution in [-0.2, 0) is 4.79 Å². The highest BCUT2D eigenvalue weighted by atomic mass is 31.1. The summed E-state index contributed by atoms with van der Waals surface area (Å²) in [6.07, 6.45) is 1.60. The van der Waals surface area contributed by atoms with Gasteiger partial charge in [-0.15, -0.1) is 0 Å². The van der Waals surface area contributed by atoms with Crippen molar-refractivity contribution in [3.63, 3.8) is 0 Å². The number of carbonyl (C=O) groups excluding carboxylic acids is 1. The number of hydrogen-bond donors (Lipinski definition) is 0. The minimum atomic E-state index is -0.665. The largest absolute Gasteiger partial charge is 0.300 e. The van der Waals surface area contributed by atoms with Crippen LogP contribution in [0, 0.1) is 0 Å². The Morgan fingerprint density at radius 3 is 1.28 bits per heavy atom. The third-order valence-electron chi connectivity index (χ3n) is 5.49. The Morgan fingerprint density at radius 1 is 0.594 bits per heavy atom. The molecule has 0 saturated heterocycles. The Kier molecular flexibility index (Phi) is 8.00. The average Bonchev–Trinajstić information content (AvgIpc) is 2.84. The van der Waals surface area contributed by atoms with E-state index in [4.69, 9.17) is 0 Å². The first-order valence-corrected chi connectivity index (χ1v) is 13.9. The average molecular weight is 454 g/mol. The van der Waals surface area contributed by atoms with Crippen molar-refractivity contribution in [1.82, 2.24) is 0 Å². The van der Waals surface area contributed by atoms with Gasteiger partial charge in [0, 0.05) is 6.42 Å². The van der Waals surface area contributed by atoms with Gasteiger partial charge in [-0.25, -0.2) is 0 Å². The molecule has 0 aliphatic rings. The molecular formula is C29H28OP2. The van der Waals surface area contributed by atoms with Crippen LogP contribution in [0.1, 0.15) is 13.3 Å². The Bertz CT molecular complexity index is 1020. The third-order valence-corrected chi connectivity index (χ3v) is 11.2. The maximum atomic E-state index is 12.5. The zero-order chi connectivity index (χ0) is 22.2. The number of Topliss-reactive ketones (excluding diaryl/α,β-unsaturated/α-hetero) is 1. The Balaban J connectivity index is 1.79. The van der Waals surface area contributed by atoms with Gasteiger partial charge in [0.2, 0.25) is 0 Å². The summed E-state index contributed by atoms with van der Waals surface area (Å²) >= 11 is 0. The fraction of sp³-hybridized carbons (Fsp3) is 0.138. The lowest BCUT2D eigenvalue weighted by atomic mass is 10.2. The van der Waals surface area contributed by atoms with Crippen molar-refractivity contribution in [3.8, 4) is 0 Å². The van der Waals surface area contributed by atoms with Gasteiger partial charge in [0.15, 0.2) is 0 Å². The van der Waals surface area contributed by atoms with E-state index in [0.29, 0.717) is 6.42 Å². The van der Waals surface area contributed by atoms with Gasteiger partial charge in [0.25, 0.3) is 0 Å². The highest BCUT2D eigenvalue weighted by molar-refractivity contribution is 7.77. The molecule has 0 bridgehead atoms. The van der Waals surface area contributed by atoms with Gasteiger partial charge in [0.1, 0.15) is 5.78 Å². The van der Waals surface area contributed by atoms with E-state index < -0.39 is 15.8 Å². The molecule has 0 unspecified atom stereocenters. The van der Waals surface area contributed by atoms with E-state index in [1.165, 1.54) is 21.2 Å². The Labute approximate surface area is 194 Å². The topological polar surface area (TPSA) is 17.1 Å². The van der Waals surface area contributed by atoms with E-state index in [2.05, 4.69) is 121 Å². The van der Waals surface area contributed by atoms with Gasteiger partial charge in [-0.1, -0.05) is 121 Å². The second kappa shape index (κ2) is 11.3. The summed E-state index contributed by atoms with van der Waals surface area (Å²) in [7, 11) is -1.23. The van der Waals surface area contributed by atoms with Crippen LogP contribution in [0.4, 0.5) is 0 Å². The van der Waals surface area contributed by atoms with Crippen LogP contribution in [0.15, 0.2) is 121 Å². The van der Waals surface area contributed by atoms with Crippen molar-refractivity contribution in [2.24, 2.45) is 0 Å². The Morgan fingerprint density at radius 2 is 0.938 bits per heavy atom. The molecule has 0 heterocycles. The van der Waals surface area contributed by atoms with Gasteiger partial charge < -0.3 is 4.79 Å². The zero-order valence-corrected chi connectivity index (χ0v) is 20.1. The first-order chi connectivity index (χ1) is 15.7. The zero-order valence-electron chi connectivity index (χ0n) is 18.3. The SMILES string of the molecule is CC(=O)C[C@@H](CP(c1ccccc1)c1ccccc1)P(c1ccccc1)c1ccccc1. The second-order valence-electron chi connectivity index (χ2n) is 7.88. The van der Waals surface area contributed by atoms with Crippen LogP contribution in [0.3, 0.4) is 0 Å².